The van der Waals surface area contributed by atoms with Gasteiger partial charge in [0, 0.05) is 44.0 Å². The van der Waals surface area contributed by atoms with Crippen LogP contribution in [-0.4, -0.2) is 48.0 Å². The molecule has 1 aliphatic heterocycles. The maximum absolute atomic E-state index is 12.0. The van der Waals surface area contributed by atoms with Crippen molar-refractivity contribution >= 4 is 17.3 Å². The Kier molecular flexibility index (Phi) is 4.74. The molecule has 1 fully saturated rings. The van der Waals surface area contributed by atoms with Crippen molar-refractivity contribution in [3.8, 4) is 0 Å². The smallest absolute Gasteiger partial charge is 0.269 e. The second-order valence-electron chi connectivity index (χ2n) is 5.10. The summed E-state index contributed by atoms with van der Waals surface area (Å²) in [6.45, 7) is 4.57. The van der Waals surface area contributed by atoms with Crippen molar-refractivity contribution in [3.05, 3.63) is 34.4 Å². The number of nitrogens with zero attached hydrogens (tertiary/aromatic N) is 3. The number of nitrogens with two attached hydrogens (primary N) is 1. The molecule has 0 saturated carbocycles. The summed E-state index contributed by atoms with van der Waals surface area (Å²) in [6.07, 6.45) is 0.640. The molecule has 0 radical (unpaired) electrons. The second kappa shape index (κ2) is 6.53. The van der Waals surface area contributed by atoms with Crippen LogP contribution in [0.15, 0.2) is 24.3 Å². The molecule has 1 aliphatic rings. The molecular formula is C14H20N4O3. The van der Waals surface area contributed by atoms with Crippen LogP contribution >= 0.6 is 0 Å². The number of hydrogen-bond donors (Lipinski definition) is 1. The van der Waals surface area contributed by atoms with Gasteiger partial charge in [-0.3, -0.25) is 14.9 Å². The van der Waals surface area contributed by atoms with E-state index in [2.05, 4.69) is 4.90 Å². The van der Waals surface area contributed by atoms with Crippen LogP contribution in [-0.2, 0) is 4.79 Å². The third-order valence-corrected chi connectivity index (χ3v) is 3.77. The first-order valence-corrected chi connectivity index (χ1v) is 7.06. The summed E-state index contributed by atoms with van der Waals surface area (Å²) < 4.78 is 0. The van der Waals surface area contributed by atoms with Crippen molar-refractivity contribution < 1.29 is 9.72 Å². The normalized spacial score (nSPS) is 16.7. The number of rotatable bonds is 4. The molecule has 1 atom stereocenters. The van der Waals surface area contributed by atoms with Crippen LogP contribution in [0.1, 0.15) is 13.3 Å². The zero-order chi connectivity index (χ0) is 15.4. The van der Waals surface area contributed by atoms with Gasteiger partial charge in [-0.05, 0) is 18.6 Å². The van der Waals surface area contributed by atoms with Crippen molar-refractivity contribution in [2.75, 3.05) is 31.1 Å². The molecule has 1 aromatic rings. The van der Waals surface area contributed by atoms with E-state index in [0.29, 0.717) is 32.6 Å². The molecule has 0 spiro atoms. The number of non-ortho nitro benzene ring substituents is 1. The van der Waals surface area contributed by atoms with E-state index in [0.717, 1.165) is 5.69 Å². The van der Waals surface area contributed by atoms with Crippen molar-refractivity contribution in [1.29, 1.82) is 0 Å². The Morgan fingerprint density at radius 3 is 2.33 bits per heavy atom. The minimum atomic E-state index is -0.420. The molecule has 21 heavy (non-hydrogen) atoms. The van der Waals surface area contributed by atoms with Crippen LogP contribution in [0, 0.1) is 10.1 Å². The Balaban J connectivity index is 1.94. The molecule has 7 nitrogen and oxygen atoms in total. The first kappa shape index (κ1) is 15.2. The van der Waals surface area contributed by atoms with Gasteiger partial charge in [0.25, 0.3) is 5.69 Å². The number of anilines is 1. The Labute approximate surface area is 123 Å². The highest BCUT2D eigenvalue weighted by atomic mass is 16.6. The Hall–Kier alpha value is -2.15. The molecule has 0 aliphatic carbocycles. The van der Waals surface area contributed by atoms with Gasteiger partial charge >= 0.3 is 0 Å². The summed E-state index contributed by atoms with van der Waals surface area (Å²) >= 11 is 0. The summed E-state index contributed by atoms with van der Waals surface area (Å²) in [5, 5.41) is 10.6. The summed E-state index contributed by atoms with van der Waals surface area (Å²) in [5.74, 6) is 0.000787. The number of nitro benzene ring substituents is 1. The highest BCUT2D eigenvalue weighted by molar-refractivity contribution is 5.81. The molecule has 2 rings (SSSR count). The Bertz CT molecular complexity index is 509. The summed E-state index contributed by atoms with van der Waals surface area (Å²) in [5.41, 5.74) is 6.79. The number of hydrogen-bond acceptors (Lipinski definition) is 5. The lowest BCUT2D eigenvalue weighted by Gasteiger charge is -2.37. The van der Waals surface area contributed by atoms with E-state index in [4.69, 9.17) is 5.73 Å². The lowest BCUT2D eigenvalue weighted by molar-refractivity contribution is -0.384. The van der Waals surface area contributed by atoms with Gasteiger partial charge in [-0.25, -0.2) is 0 Å². The molecule has 0 bridgehead atoms. The van der Waals surface area contributed by atoms with E-state index in [-0.39, 0.29) is 11.6 Å². The summed E-state index contributed by atoms with van der Waals surface area (Å²) in [7, 11) is 0. The SMILES string of the molecule is CC[C@@H](N)C(=O)N1CCN(c2ccc([N+](=O)[O-])cc2)CC1. The van der Waals surface area contributed by atoms with Crippen molar-refractivity contribution in [1.82, 2.24) is 4.90 Å². The van der Waals surface area contributed by atoms with Crippen molar-refractivity contribution in [2.24, 2.45) is 5.73 Å². The van der Waals surface area contributed by atoms with Crippen LogP contribution < -0.4 is 10.6 Å². The molecule has 1 saturated heterocycles. The average Bonchev–Trinajstić information content (AvgIpc) is 2.53. The number of piperazine rings is 1. The maximum atomic E-state index is 12.0. The zero-order valence-electron chi connectivity index (χ0n) is 12.1. The second-order valence-corrected chi connectivity index (χ2v) is 5.10. The predicted molar refractivity (Wildman–Crippen MR) is 80.2 cm³/mol. The molecule has 114 valence electrons. The summed E-state index contributed by atoms with van der Waals surface area (Å²) in [6, 6.07) is 6.07. The van der Waals surface area contributed by atoms with Gasteiger partial charge in [-0.15, -0.1) is 0 Å². The predicted octanol–water partition coefficient (Wildman–Crippen LogP) is 0.981. The quantitative estimate of drug-likeness (QED) is 0.659. The zero-order valence-corrected chi connectivity index (χ0v) is 12.1. The lowest BCUT2D eigenvalue weighted by atomic mass is 10.2. The fourth-order valence-electron chi connectivity index (χ4n) is 2.38. The summed E-state index contributed by atoms with van der Waals surface area (Å²) in [4.78, 5) is 26.1. The highest BCUT2D eigenvalue weighted by Gasteiger charge is 2.24. The topological polar surface area (TPSA) is 92.7 Å². The fourth-order valence-corrected chi connectivity index (χ4v) is 2.38. The largest absolute Gasteiger partial charge is 0.368 e. The molecular weight excluding hydrogens is 272 g/mol. The molecule has 0 unspecified atom stereocenters. The van der Waals surface area contributed by atoms with Gasteiger partial charge in [0.1, 0.15) is 0 Å². The first-order valence-electron chi connectivity index (χ1n) is 7.06. The molecule has 1 heterocycles. The Morgan fingerprint density at radius 2 is 1.86 bits per heavy atom. The average molecular weight is 292 g/mol. The standard InChI is InChI=1S/C14H20N4O3/c1-2-13(15)14(19)17-9-7-16(8-10-17)11-3-5-12(6-4-11)18(20)21/h3-6,13H,2,7-10,15H2,1H3/t13-/m1/s1. The van der Waals surface area contributed by atoms with Crippen LogP contribution in [0.2, 0.25) is 0 Å². The van der Waals surface area contributed by atoms with E-state index < -0.39 is 11.0 Å². The van der Waals surface area contributed by atoms with Gasteiger partial charge in [0.2, 0.25) is 5.91 Å². The number of carbonyl (C=O) groups excluding carboxylic acids is 1. The Morgan fingerprint density at radius 1 is 1.29 bits per heavy atom. The third-order valence-electron chi connectivity index (χ3n) is 3.77. The third kappa shape index (κ3) is 3.49. The van der Waals surface area contributed by atoms with Crippen LogP contribution in [0.5, 0.6) is 0 Å². The van der Waals surface area contributed by atoms with E-state index in [9.17, 15) is 14.9 Å². The number of carbonyl (C=O) groups is 1. The maximum Gasteiger partial charge on any atom is 0.269 e. The van der Waals surface area contributed by atoms with E-state index in [1.54, 1.807) is 17.0 Å². The minimum Gasteiger partial charge on any atom is -0.368 e. The van der Waals surface area contributed by atoms with Gasteiger partial charge in [-0.1, -0.05) is 6.92 Å². The van der Waals surface area contributed by atoms with Crippen molar-refractivity contribution in [2.45, 2.75) is 19.4 Å². The van der Waals surface area contributed by atoms with Crippen LogP contribution in [0.25, 0.3) is 0 Å². The van der Waals surface area contributed by atoms with Gasteiger partial charge in [0.05, 0.1) is 11.0 Å². The number of amides is 1. The van der Waals surface area contributed by atoms with Gasteiger partial charge in [0.15, 0.2) is 0 Å². The van der Waals surface area contributed by atoms with E-state index >= 15 is 0 Å². The van der Waals surface area contributed by atoms with Gasteiger partial charge < -0.3 is 15.5 Å². The first-order chi connectivity index (χ1) is 10.0. The molecule has 0 aromatic heterocycles. The minimum absolute atomic E-state index is 0.000787. The monoisotopic (exact) mass is 292 g/mol. The molecule has 1 amide bonds. The molecule has 1 aromatic carbocycles. The molecule has 7 heteroatoms. The van der Waals surface area contributed by atoms with E-state index in [1.807, 2.05) is 6.92 Å². The highest BCUT2D eigenvalue weighted by Crippen LogP contribution is 2.20. The lowest BCUT2D eigenvalue weighted by Crippen LogP contribution is -2.53. The van der Waals surface area contributed by atoms with Crippen molar-refractivity contribution in [3.63, 3.8) is 0 Å². The van der Waals surface area contributed by atoms with E-state index in [1.165, 1.54) is 12.1 Å². The number of nitro groups is 1. The van der Waals surface area contributed by atoms with Gasteiger partial charge in [-0.2, -0.15) is 0 Å². The molecule has 2 N–H and O–H groups in total. The number of benzene rings is 1. The van der Waals surface area contributed by atoms with Crippen LogP contribution in [0.4, 0.5) is 11.4 Å². The van der Waals surface area contributed by atoms with Crippen LogP contribution in [0.3, 0.4) is 0 Å². The fraction of sp³-hybridized carbons (Fsp3) is 0.500.